The first-order valence-electron chi connectivity index (χ1n) is 8.78. The molecule has 3 aromatic rings. The van der Waals surface area contributed by atoms with E-state index in [-0.39, 0.29) is 11.3 Å². The van der Waals surface area contributed by atoms with Gasteiger partial charge in [-0.25, -0.2) is 4.98 Å². The second-order valence-electron chi connectivity index (χ2n) is 6.36. The molecule has 0 atom stereocenters. The summed E-state index contributed by atoms with van der Waals surface area (Å²) in [5, 5.41) is 10.2. The Morgan fingerprint density at radius 1 is 1.33 bits per heavy atom. The molecule has 0 saturated heterocycles. The maximum atomic E-state index is 13.4. The lowest BCUT2D eigenvalue weighted by molar-refractivity contribution is -0.133. The first kappa shape index (κ1) is 18.2. The van der Waals surface area contributed by atoms with Crippen molar-refractivity contribution in [1.29, 1.82) is 0 Å². The Labute approximate surface area is 164 Å². The normalized spacial score (nSPS) is 14.4. The number of para-hydroxylation sites is 1. The molecule has 0 aliphatic carbocycles. The molecule has 27 heavy (non-hydrogen) atoms. The first-order chi connectivity index (χ1) is 13.1. The van der Waals surface area contributed by atoms with Crippen molar-refractivity contribution in [2.75, 3.05) is 18.8 Å². The topological polar surface area (TPSA) is 75.4 Å². The van der Waals surface area contributed by atoms with Gasteiger partial charge in [-0.2, -0.15) is 0 Å². The molecule has 0 unspecified atom stereocenters. The minimum atomic E-state index is -0.932. The van der Waals surface area contributed by atoms with Crippen LogP contribution in [0.2, 0.25) is 0 Å². The molecule has 0 saturated carbocycles. The third kappa shape index (κ3) is 3.40. The average Bonchev–Trinajstić information content (AvgIpc) is 3.04. The number of benzene rings is 1. The number of carboxylic acid groups (broad SMARTS) is 1. The Balaban J connectivity index is 1.93. The Hall–Kier alpha value is -2.16. The molecule has 140 valence electrons. The number of hydrogen-bond acceptors (Lipinski definition) is 6. The van der Waals surface area contributed by atoms with Crippen molar-refractivity contribution in [3.8, 4) is 5.69 Å². The van der Waals surface area contributed by atoms with Crippen molar-refractivity contribution in [1.82, 2.24) is 14.5 Å². The van der Waals surface area contributed by atoms with Crippen LogP contribution >= 0.6 is 23.1 Å². The van der Waals surface area contributed by atoms with E-state index in [4.69, 9.17) is 10.1 Å². The minimum absolute atomic E-state index is 0.110. The zero-order chi connectivity index (χ0) is 19.0. The number of aromatic nitrogens is 2. The SMILES string of the molecule is CCN1CCc2c(sc3nc(SCC(=O)O)n(-c4ccccc4)c(=O)c23)C1. The number of carboxylic acids is 1. The van der Waals surface area contributed by atoms with E-state index in [1.165, 1.54) is 4.88 Å². The monoisotopic (exact) mass is 401 g/mol. The van der Waals surface area contributed by atoms with Crippen molar-refractivity contribution in [3.05, 3.63) is 51.1 Å². The van der Waals surface area contributed by atoms with Gasteiger partial charge >= 0.3 is 5.97 Å². The third-order valence-electron chi connectivity index (χ3n) is 4.71. The van der Waals surface area contributed by atoms with Crippen LogP contribution in [-0.2, 0) is 17.8 Å². The van der Waals surface area contributed by atoms with Gasteiger partial charge in [-0.1, -0.05) is 36.9 Å². The number of thiophene rings is 1. The van der Waals surface area contributed by atoms with Crippen molar-refractivity contribution in [2.45, 2.75) is 25.0 Å². The van der Waals surface area contributed by atoms with Crippen LogP contribution < -0.4 is 5.56 Å². The van der Waals surface area contributed by atoms with Crippen LogP contribution in [0.15, 0.2) is 40.3 Å². The van der Waals surface area contributed by atoms with Gasteiger partial charge in [-0.15, -0.1) is 11.3 Å². The highest BCUT2D eigenvalue weighted by molar-refractivity contribution is 7.99. The molecule has 0 bridgehead atoms. The third-order valence-corrected chi connectivity index (χ3v) is 6.74. The second kappa shape index (κ2) is 7.46. The van der Waals surface area contributed by atoms with Gasteiger partial charge in [0, 0.05) is 18.0 Å². The number of likely N-dealkylation sites (N-methyl/N-ethyl adjacent to an activating group) is 1. The number of carbonyl (C=O) groups is 1. The largest absolute Gasteiger partial charge is 0.481 e. The Bertz CT molecular complexity index is 1060. The minimum Gasteiger partial charge on any atom is -0.481 e. The second-order valence-corrected chi connectivity index (χ2v) is 8.38. The predicted octanol–water partition coefficient (Wildman–Crippen LogP) is 3.00. The summed E-state index contributed by atoms with van der Waals surface area (Å²) in [5.74, 6) is -1.07. The summed E-state index contributed by atoms with van der Waals surface area (Å²) in [4.78, 5) is 33.5. The average molecular weight is 402 g/mol. The summed E-state index contributed by atoms with van der Waals surface area (Å²) in [7, 11) is 0. The number of aliphatic carboxylic acids is 1. The lowest BCUT2D eigenvalue weighted by atomic mass is 10.1. The summed E-state index contributed by atoms with van der Waals surface area (Å²) < 4.78 is 1.55. The molecule has 1 aliphatic rings. The fourth-order valence-corrected chi connectivity index (χ4v) is 5.41. The fraction of sp³-hybridized carbons (Fsp3) is 0.316. The highest BCUT2D eigenvalue weighted by Crippen LogP contribution is 2.34. The van der Waals surface area contributed by atoms with Gasteiger partial charge < -0.3 is 5.11 Å². The highest BCUT2D eigenvalue weighted by Gasteiger charge is 2.25. The molecule has 4 rings (SSSR count). The van der Waals surface area contributed by atoms with Gasteiger partial charge in [-0.05, 0) is 30.7 Å². The van der Waals surface area contributed by atoms with Gasteiger partial charge in [-0.3, -0.25) is 19.1 Å². The zero-order valence-corrected chi connectivity index (χ0v) is 16.5. The maximum absolute atomic E-state index is 13.4. The van der Waals surface area contributed by atoms with E-state index in [0.29, 0.717) is 21.1 Å². The van der Waals surface area contributed by atoms with Crippen LogP contribution in [0.25, 0.3) is 15.9 Å². The molecular formula is C19H19N3O3S2. The molecule has 0 radical (unpaired) electrons. The molecule has 1 N–H and O–H groups in total. The highest BCUT2D eigenvalue weighted by atomic mass is 32.2. The Morgan fingerprint density at radius 3 is 2.81 bits per heavy atom. The van der Waals surface area contributed by atoms with E-state index in [1.807, 2.05) is 30.3 Å². The maximum Gasteiger partial charge on any atom is 0.313 e. The van der Waals surface area contributed by atoms with Gasteiger partial charge in [0.15, 0.2) is 5.16 Å². The van der Waals surface area contributed by atoms with Crippen molar-refractivity contribution in [2.24, 2.45) is 0 Å². The van der Waals surface area contributed by atoms with E-state index in [9.17, 15) is 9.59 Å². The van der Waals surface area contributed by atoms with E-state index >= 15 is 0 Å². The van der Waals surface area contributed by atoms with Crippen LogP contribution in [0.3, 0.4) is 0 Å². The predicted molar refractivity (Wildman–Crippen MR) is 108 cm³/mol. The van der Waals surface area contributed by atoms with Gasteiger partial charge in [0.2, 0.25) is 0 Å². The summed E-state index contributed by atoms with van der Waals surface area (Å²) in [6.45, 7) is 4.90. The molecular weight excluding hydrogens is 382 g/mol. The van der Waals surface area contributed by atoms with Crippen LogP contribution in [0, 0.1) is 0 Å². The standard InChI is InChI=1S/C19H19N3O3S2/c1-2-21-9-8-13-14(10-21)27-17-16(13)18(25)22(12-6-4-3-5-7-12)19(20-17)26-11-15(23)24/h3-7H,2,8-11H2,1H3,(H,23,24). The molecule has 8 heteroatoms. The van der Waals surface area contributed by atoms with Crippen LogP contribution in [0.4, 0.5) is 0 Å². The summed E-state index contributed by atoms with van der Waals surface area (Å²) >= 11 is 2.64. The zero-order valence-electron chi connectivity index (χ0n) is 14.8. The molecule has 6 nitrogen and oxygen atoms in total. The number of thioether (sulfide) groups is 1. The van der Waals surface area contributed by atoms with Gasteiger partial charge in [0.1, 0.15) is 4.83 Å². The number of hydrogen-bond donors (Lipinski definition) is 1. The van der Waals surface area contributed by atoms with Crippen LogP contribution in [0.1, 0.15) is 17.4 Å². The van der Waals surface area contributed by atoms with Crippen molar-refractivity contribution in [3.63, 3.8) is 0 Å². The molecule has 1 aliphatic heterocycles. The molecule has 3 heterocycles. The molecule has 0 spiro atoms. The lowest BCUT2D eigenvalue weighted by Crippen LogP contribution is -2.30. The smallest absolute Gasteiger partial charge is 0.313 e. The van der Waals surface area contributed by atoms with E-state index in [2.05, 4.69) is 11.8 Å². The van der Waals surface area contributed by atoms with E-state index in [0.717, 1.165) is 43.4 Å². The Kier molecular flexibility index (Phi) is 5.03. The lowest BCUT2D eigenvalue weighted by Gasteiger charge is -2.25. The summed E-state index contributed by atoms with van der Waals surface area (Å²) in [6, 6.07) is 9.30. The number of nitrogens with zero attached hydrogens (tertiary/aromatic N) is 3. The van der Waals surface area contributed by atoms with Crippen molar-refractivity contribution < 1.29 is 9.90 Å². The van der Waals surface area contributed by atoms with E-state index < -0.39 is 5.97 Å². The number of fused-ring (bicyclic) bond motifs is 3. The number of rotatable bonds is 5. The van der Waals surface area contributed by atoms with Crippen LogP contribution in [-0.4, -0.2) is 44.4 Å². The van der Waals surface area contributed by atoms with Gasteiger partial charge in [0.25, 0.3) is 5.56 Å². The van der Waals surface area contributed by atoms with Crippen LogP contribution in [0.5, 0.6) is 0 Å². The quantitative estimate of drug-likeness (QED) is 0.523. The molecule has 0 amide bonds. The first-order valence-corrected chi connectivity index (χ1v) is 10.6. The molecule has 1 aromatic carbocycles. The van der Waals surface area contributed by atoms with E-state index in [1.54, 1.807) is 15.9 Å². The molecule has 2 aromatic heterocycles. The van der Waals surface area contributed by atoms with Crippen molar-refractivity contribution >= 4 is 39.3 Å². The summed E-state index contributed by atoms with van der Waals surface area (Å²) in [5.41, 5.74) is 1.70. The Morgan fingerprint density at radius 2 is 2.11 bits per heavy atom. The molecule has 0 fully saturated rings. The fourth-order valence-electron chi connectivity index (χ4n) is 3.37. The summed E-state index contributed by atoms with van der Waals surface area (Å²) in [6.07, 6.45) is 0.844. The van der Waals surface area contributed by atoms with Gasteiger partial charge in [0.05, 0.1) is 16.8 Å².